The number of nitrogens with zero attached hydrogens (tertiary/aromatic N) is 5. The number of hydrogen-bond acceptors (Lipinski definition) is 6. The molecule has 1 aromatic carbocycles. The maximum atomic E-state index is 5.76. The van der Waals surface area contributed by atoms with Crippen molar-refractivity contribution >= 4 is 22.0 Å². The van der Waals surface area contributed by atoms with Crippen LogP contribution in [0.2, 0.25) is 0 Å². The van der Waals surface area contributed by atoms with Gasteiger partial charge in [0.15, 0.2) is 10.8 Å². The van der Waals surface area contributed by atoms with E-state index in [4.69, 9.17) is 10.7 Å². The van der Waals surface area contributed by atoms with Crippen LogP contribution >= 0.6 is 11.3 Å². The van der Waals surface area contributed by atoms with Crippen molar-refractivity contribution in [2.75, 3.05) is 12.3 Å². The van der Waals surface area contributed by atoms with E-state index < -0.39 is 0 Å². The number of thiazole rings is 1. The second-order valence-electron chi connectivity index (χ2n) is 6.57. The first-order chi connectivity index (χ1) is 12.7. The number of benzene rings is 1. The van der Waals surface area contributed by atoms with Crippen molar-refractivity contribution in [1.29, 1.82) is 0 Å². The van der Waals surface area contributed by atoms with Crippen LogP contribution in [0.3, 0.4) is 0 Å². The van der Waals surface area contributed by atoms with Gasteiger partial charge in [0.05, 0.1) is 11.4 Å². The summed E-state index contributed by atoms with van der Waals surface area (Å²) in [7, 11) is 0. The summed E-state index contributed by atoms with van der Waals surface area (Å²) in [5.74, 6) is 0.770. The molecule has 26 heavy (non-hydrogen) atoms. The van der Waals surface area contributed by atoms with Gasteiger partial charge < -0.3 is 5.73 Å². The molecule has 0 radical (unpaired) electrons. The molecule has 6 nitrogen and oxygen atoms in total. The van der Waals surface area contributed by atoms with Crippen molar-refractivity contribution in [3.63, 3.8) is 0 Å². The Morgan fingerprint density at radius 3 is 2.88 bits per heavy atom. The van der Waals surface area contributed by atoms with Crippen molar-refractivity contribution in [2.45, 2.75) is 19.5 Å². The van der Waals surface area contributed by atoms with E-state index in [9.17, 15) is 0 Å². The van der Waals surface area contributed by atoms with E-state index in [0.29, 0.717) is 0 Å². The second kappa shape index (κ2) is 6.19. The van der Waals surface area contributed by atoms with Crippen molar-refractivity contribution in [2.24, 2.45) is 0 Å². The van der Waals surface area contributed by atoms with E-state index in [0.717, 1.165) is 59.5 Å². The van der Waals surface area contributed by atoms with Crippen LogP contribution in [0.4, 0.5) is 5.69 Å². The minimum absolute atomic E-state index is 0.751. The van der Waals surface area contributed by atoms with Crippen LogP contribution in [0.1, 0.15) is 17.0 Å². The summed E-state index contributed by atoms with van der Waals surface area (Å²) in [6.07, 6.45) is 7.06. The standard InChI is InChI=1S/C19H18N6S/c20-15-3-1-13(2-4-15)18-21-9-14-10-24(6-5-17(14)23-18)11-16-12-25-7-8-26-19(25)22-16/h1-4,7-9,12H,5-6,10-11,20H2. The molecule has 0 saturated heterocycles. The third-order valence-corrected chi connectivity index (χ3v) is 5.48. The molecule has 0 aliphatic carbocycles. The summed E-state index contributed by atoms with van der Waals surface area (Å²) < 4.78 is 2.08. The smallest absolute Gasteiger partial charge is 0.193 e. The van der Waals surface area contributed by atoms with Crippen LogP contribution < -0.4 is 5.73 Å². The number of nitrogens with two attached hydrogens (primary N) is 1. The predicted molar refractivity (Wildman–Crippen MR) is 103 cm³/mol. The fraction of sp³-hybridized carbons (Fsp3) is 0.211. The number of anilines is 1. The highest BCUT2D eigenvalue weighted by molar-refractivity contribution is 7.15. The largest absolute Gasteiger partial charge is 0.399 e. The van der Waals surface area contributed by atoms with Crippen molar-refractivity contribution in [3.8, 4) is 11.4 Å². The number of fused-ring (bicyclic) bond motifs is 2. The number of hydrogen-bond donors (Lipinski definition) is 1. The fourth-order valence-electron chi connectivity index (χ4n) is 3.36. The van der Waals surface area contributed by atoms with Crippen LogP contribution in [0.25, 0.3) is 16.3 Å². The summed E-state index contributed by atoms with van der Waals surface area (Å²) in [5, 5.41) is 2.05. The Balaban J connectivity index is 1.34. The minimum Gasteiger partial charge on any atom is -0.399 e. The normalized spacial score (nSPS) is 14.6. The van der Waals surface area contributed by atoms with Gasteiger partial charge in [0.2, 0.25) is 0 Å². The van der Waals surface area contributed by atoms with E-state index >= 15 is 0 Å². The number of nitrogen functional groups attached to an aromatic ring is 1. The Morgan fingerprint density at radius 1 is 1.15 bits per heavy atom. The first kappa shape index (κ1) is 15.5. The Hall–Kier alpha value is -2.77. The average molecular weight is 362 g/mol. The van der Waals surface area contributed by atoms with Crippen molar-refractivity contribution in [1.82, 2.24) is 24.3 Å². The molecule has 4 heterocycles. The van der Waals surface area contributed by atoms with Gasteiger partial charge in [-0.2, -0.15) is 0 Å². The molecule has 5 rings (SSSR count). The quantitative estimate of drug-likeness (QED) is 0.567. The highest BCUT2D eigenvalue weighted by Gasteiger charge is 2.20. The number of rotatable bonds is 3. The zero-order valence-corrected chi connectivity index (χ0v) is 15.0. The zero-order valence-electron chi connectivity index (χ0n) is 14.2. The molecular weight excluding hydrogens is 344 g/mol. The molecule has 3 aromatic heterocycles. The molecule has 7 heteroatoms. The zero-order chi connectivity index (χ0) is 17.5. The Bertz CT molecular complexity index is 1040. The Morgan fingerprint density at radius 2 is 2.04 bits per heavy atom. The lowest BCUT2D eigenvalue weighted by atomic mass is 10.1. The second-order valence-corrected chi connectivity index (χ2v) is 7.45. The summed E-state index contributed by atoms with van der Waals surface area (Å²) >= 11 is 1.66. The monoisotopic (exact) mass is 362 g/mol. The molecule has 0 bridgehead atoms. The Kier molecular flexibility index (Phi) is 3.69. The number of aromatic nitrogens is 4. The van der Waals surface area contributed by atoms with E-state index in [1.54, 1.807) is 11.3 Å². The molecule has 0 saturated carbocycles. The molecule has 130 valence electrons. The molecule has 2 N–H and O–H groups in total. The third kappa shape index (κ3) is 2.85. The lowest BCUT2D eigenvalue weighted by molar-refractivity contribution is 0.240. The van der Waals surface area contributed by atoms with Gasteiger partial charge >= 0.3 is 0 Å². The van der Waals surface area contributed by atoms with Gasteiger partial charge in [-0.3, -0.25) is 9.30 Å². The highest BCUT2D eigenvalue weighted by atomic mass is 32.1. The van der Waals surface area contributed by atoms with Gasteiger partial charge in [-0.25, -0.2) is 15.0 Å². The minimum atomic E-state index is 0.751. The van der Waals surface area contributed by atoms with Crippen LogP contribution in [-0.4, -0.2) is 30.8 Å². The first-order valence-corrected chi connectivity index (χ1v) is 9.47. The highest BCUT2D eigenvalue weighted by Crippen LogP contribution is 2.23. The maximum absolute atomic E-state index is 5.76. The Labute approximate surface area is 155 Å². The summed E-state index contributed by atoms with van der Waals surface area (Å²) in [6.45, 7) is 2.70. The van der Waals surface area contributed by atoms with Crippen molar-refractivity contribution < 1.29 is 0 Å². The molecule has 0 fully saturated rings. The summed E-state index contributed by atoms with van der Waals surface area (Å²) in [6, 6.07) is 7.71. The molecular formula is C19H18N6S. The van der Waals surface area contributed by atoms with Gasteiger partial charge in [-0.15, -0.1) is 11.3 Å². The molecule has 0 spiro atoms. The number of imidazole rings is 1. The molecule has 1 aliphatic heterocycles. The summed E-state index contributed by atoms with van der Waals surface area (Å²) in [4.78, 5) is 17.5. The van der Waals surface area contributed by atoms with E-state index in [1.165, 1.54) is 5.56 Å². The topological polar surface area (TPSA) is 72.3 Å². The molecule has 1 aliphatic rings. The fourth-order valence-corrected chi connectivity index (χ4v) is 4.08. The van der Waals surface area contributed by atoms with Gasteiger partial charge in [-0.1, -0.05) is 0 Å². The molecule has 0 amide bonds. The van der Waals surface area contributed by atoms with Gasteiger partial charge in [0.25, 0.3) is 0 Å². The average Bonchev–Trinajstić information content (AvgIpc) is 3.23. The summed E-state index contributed by atoms with van der Waals surface area (Å²) in [5.41, 5.74) is 11.0. The molecule has 0 unspecified atom stereocenters. The lowest BCUT2D eigenvalue weighted by Gasteiger charge is -2.27. The van der Waals surface area contributed by atoms with Gasteiger partial charge in [-0.05, 0) is 24.3 Å². The van der Waals surface area contributed by atoms with Gasteiger partial charge in [0.1, 0.15) is 0 Å². The van der Waals surface area contributed by atoms with E-state index in [-0.39, 0.29) is 0 Å². The van der Waals surface area contributed by atoms with Crippen molar-refractivity contribution in [3.05, 3.63) is 65.2 Å². The molecule has 0 atom stereocenters. The van der Waals surface area contributed by atoms with Crippen LogP contribution in [0.5, 0.6) is 0 Å². The van der Waals surface area contributed by atoms with Crippen LogP contribution in [-0.2, 0) is 19.5 Å². The molecule has 4 aromatic rings. The van der Waals surface area contributed by atoms with Gasteiger partial charge in [0, 0.05) is 66.8 Å². The predicted octanol–water partition coefficient (Wildman–Crippen LogP) is 2.99. The lowest BCUT2D eigenvalue weighted by Crippen LogP contribution is -2.31. The first-order valence-electron chi connectivity index (χ1n) is 8.59. The van der Waals surface area contributed by atoms with E-state index in [2.05, 4.69) is 37.0 Å². The SMILES string of the molecule is Nc1ccc(-c2ncc3c(n2)CCN(Cc2cn4ccsc4n2)C3)cc1. The van der Waals surface area contributed by atoms with Crippen LogP contribution in [0, 0.1) is 0 Å². The van der Waals surface area contributed by atoms with Crippen LogP contribution in [0.15, 0.2) is 48.2 Å². The maximum Gasteiger partial charge on any atom is 0.193 e. The van der Waals surface area contributed by atoms with E-state index in [1.807, 2.05) is 30.5 Å². The third-order valence-electron chi connectivity index (χ3n) is 4.71.